The quantitative estimate of drug-likeness (QED) is 0.150. The molecule has 3 aromatic heterocycles. The third-order valence-corrected chi connectivity index (χ3v) is 8.82. The molecule has 3 heterocycles. The monoisotopic (exact) mass is 758 g/mol. The zero-order valence-corrected chi connectivity index (χ0v) is 31.3. The molecule has 2 aromatic carbocycles. The number of hydrogen-bond acceptors (Lipinski definition) is 7. The zero-order valence-electron chi connectivity index (χ0n) is 28.2. The van der Waals surface area contributed by atoms with Gasteiger partial charge in [0.05, 0.1) is 31.1 Å². The third kappa shape index (κ3) is 8.58. The number of amides is 1. The Hall–Kier alpha value is -3.87. The average molecular weight is 760 g/mol. The summed E-state index contributed by atoms with van der Waals surface area (Å²) in [5, 5.41) is 2.43. The van der Waals surface area contributed by atoms with E-state index in [1.807, 2.05) is 67.6 Å². The van der Waals surface area contributed by atoms with Gasteiger partial charge in [0.25, 0.3) is 5.91 Å². The maximum atomic E-state index is 12.3. The van der Waals surface area contributed by atoms with Crippen molar-refractivity contribution in [2.45, 2.75) is 53.6 Å². The molecule has 48 heavy (non-hydrogen) atoms. The minimum absolute atomic E-state index is 0.113. The first kappa shape index (κ1) is 37.0. The number of carbonyl (C=O) groups excluding carboxylic acids is 2. The molecule has 10 nitrogen and oxygen atoms in total. The Balaban J connectivity index is 0.000000257. The molecule has 0 atom stereocenters. The highest BCUT2D eigenvalue weighted by Gasteiger charge is 2.18. The summed E-state index contributed by atoms with van der Waals surface area (Å²) in [6.07, 6.45) is 6.68. The second kappa shape index (κ2) is 15.1. The molecule has 1 amide bonds. The molecule has 0 spiro atoms. The van der Waals surface area contributed by atoms with E-state index in [1.165, 1.54) is 7.11 Å². The Morgan fingerprint density at radius 3 is 2.08 bits per heavy atom. The molecule has 0 aliphatic rings. The van der Waals surface area contributed by atoms with E-state index < -0.39 is 15.9 Å². The van der Waals surface area contributed by atoms with E-state index in [1.54, 1.807) is 30.5 Å². The number of aromatic nitrogens is 3. The number of methoxy groups -OCH3 is 1. The van der Waals surface area contributed by atoms with Crippen molar-refractivity contribution in [1.29, 1.82) is 0 Å². The van der Waals surface area contributed by atoms with Crippen molar-refractivity contribution in [2.24, 2.45) is 5.92 Å². The van der Waals surface area contributed by atoms with Gasteiger partial charge in [0.15, 0.2) is 0 Å². The minimum atomic E-state index is -3.65. The van der Waals surface area contributed by atoms with E-state index in [4.69, 9.17) is 21.1 Å². The van der Waals surface area contributed by atoms with Crippen LogP contribution in [0.25, 0.3) is 32.9 Å². The van der Waals surface area contributed by atoms with Gasteiger partial charge < -0.3 is 18.6 Å². The molecule has 0 aliphatic heterocycles. The Labute approximate surface area is 294 Å². The number of rotatable bonds is 9. The van der Waals surface area contributed by atoms with Crippen molar-refractivity contribution in [3.8, 4) is 17.0 Å². The number of pyridine rings is 1. The van der Waals surface area contributed by atoms with Crippen molar-refractivity contribution < 1.29 is 27.5 Å². The molecule has 0 radical (unpaired) electrons. The summed E-state index contributed by atoms with van der Waals surface area (Å²) in [5.41, 5.74) is 4.41. The maximum Gasteiger partial charge on any atom is 0.337 e. The second-order valence-electron chi connectivity index (χ2n) is 12.4. The molecule has 256 valence electrons. The van der Waals surface area contributed by atoms with Crippen LogP contribution in [0.4, 0.5) is 0 Å². The summed E-state index contributed by atoms with van der Waals surface area (Å²) in [6.45, 7) is 12.9. The lowest BCUT2D eigenvalue weighted by Gasteiger charge is -2.10. The van der Waals surface area contributed by atoms with E-state index in [2.05, 4.69) is 39.3 Å². The van der Waals surface area contributed by atoms with E-state index in [9.17, 15) is 18.0 Å². The van der Waals surface area contributed by atoms with Crippen LogP contribution < -0.4 is 9.46 Å². The predicted octanol–water partition coefficient (Wildman–Crippen LogP) is 8.43. The van der Waals surface area contributed by atoms with Gasteiger partial charge in [-0.2, -0.15) is 0 Å². The molecule has 0 bridgehead atoms. The number of nitrogens with one attached hydrogen (secondary N) is 1. The van der Waals surface area contributed by atoms with Crippen LogP contribution >= 0.6 is 27.5 Å². The summed E-state index contributed by atoms with van der Waals surface area (Å²) in [5.74, 6) is -0.222. The van der Waals surface area contributed by atoms with Gasteiger partial charge in [0.1, 0.15) is 5.02 Å². The van der Waals surface area contributed by atoms with Crippen LogP contribution in [0.1, 0.15) is 74.3 Å². The molecule has 5 rings (SSSR count). The maximum absolute atomic E-state index is 12.3. The first-order valence-corrected chi connectivity index (χ1v) is 18.4. The van der Waals surface area contributed by atoms with E-state index in [0.717, 1.165) is 43.7 Å². The molecule has 0 aliphatic carbocycles. The Kier molecular flexibility index (Phi) is 11.6. The van der Waals surface area contributed by atoms with Crippen molar-refractivity contribution in [2.75, 3.05) is 20.0 Å². The van der Waals surface area contributed by atoms with Crippen LogP contribution in [0.3, 0.4) is 0 Å². The Morgan fingerprint density at radius 1 is 0.917 bits per heavy atom. The number of carbonyl (C=O) groups is 2. The number of sulfonamides is 1. The van der Waals surface area contributed by atoms with Gasteiger partial charge in [-0.15, -0.1) is 0 Å². The highest BCUT2D eigenvalue weighted by atomic mass is 79.9. The summed E-state index contributed by atoms with van der Waals surface area (Å²) in [7, 11) is -2.26. The van der Waals surface area contributed by atoms with E-state index >= 15 is 0 Å². The second-order valence-corrected chi connectivity index (χ2v) is 15.4. The summed E-state index contributed by atoms with van der Waals surface area (Å²) in [4.78, 5) is 28.2. The molecular formula is C35H40BrClN4O6S. The number of esters is 1. The van der Waals surface area contributed by atoms with Crippen LogP contribution in [-0.2, 0) is 14.8 Å². The van der Waals surface area contributed by atoms with E-state index in [0.29, 0.717) is 35.0 Å². The van der Waals surface area contributed by atoms with Crippen molar-refractivity contribution >= 4 is 71.2 Å². The Bertz CT molecular complexity index is 2090. The number of hydrogen-bond donors (Lipinski definition) is 1. The molecule has 13 heteroatoms. The fraction of sp³-hybridized carbons (Fsp3) is 0.343. The highest BCUT2D eigenvalue weighted by Crippen LogP contribution is 2.36. The predicted molar refractivity (Wildman–Crippen MR) is 195 cm³/mol. The number of nitrogens with zero attached hydrogens (tertiary/aromatic N) is 3. The number of fused-ring (bicyclic) bond motifs is 2. The van der Waals surface area contributed by atoms with Crippen LogP contribution in [0.15, 0.2) is 65.5 Å². The van der Waals surface area contributed by atoms with Crippen LogP contribution in [0, 0.1) is 5.92 Å². The number of benzene rings is 2. The van der Waals surface area contributed by atoms with Gasteiger partial charge in [-0.1, -0.05) is 37.6 Å². The van der Waals surface area contributed by atoms with Crippen molar-refractivity contribution in [1.82, 2.24) is 18.8 Å². The number of ether oxygens (including phenoxy) is 2. The van der Waals surface area contributed by atoms with Crippen LogP contribution in [-0.4, -0.2) is 54.4 Å². The lowest BCUT2D eigenvalue weighted by Crippen LogP contribution is -2.29. The SMILES string of the molecule is CC(C)COc1ncc(-c2cn(C(C)C)c3cc(C(=O)NS(C)(=O)=O)ccc23)cc1Cl.COC(=O)c1ccc2c(Br)cn(C(C)C)c2c1. The van der Waals surface area contributed by atoms with Gasteiger partial charge in [-0.25, -0.2) is 22.9 Å². The van der Waals surface area contributed by atoms with E-state index in [-0.39, 0.29) is 17.6 Å². The van der Waals surface area contributed by atoms with Gasteiger partial charge in [0.2, 0.25) is 15.9 Å². The lowest BCUT2D eigenvalue weighted by molar-refractivity contribution is 0.0600. The fourth-order valence-electron chi connectivity index (χ4n) is 5.08. The summed E-state index contributed by atoms with van der Waals surface area (Å²) in [6, 6.07) is 12.9. The number of halogens is 2. The van der Waals surface area contributed by atoms with Gasteiger partial charge >= 0.3 is 5.97 Å². The third-order valence-electron chi connectivity index (χ3n) is 7.37. The molecule has 0 fully saturated rings. The largest absolute Gasteiger partial charge is 0.476 e. The van der Waals surface area contributed by atoms with Crippen LogP contribution in [0.5, 0.6) is 5.88 Å². The van der Waals surface area contributed by atoms with Gasteiger partial charge in [-0.3, -0.25) is 4.79 Å². The average Bonchev–Trinajstić information content (AvgIpc) is 3.57. The van der Waals surface area contributed by atoms with Crippen LogP contribution in [0.2, 0.25) is 5.02 Å². The first-order valence-electron chi connectivity index (χ1n) is 15.3. The summed E-state index contributed by atoms with van der Waals surface area (Å²) < 4.78 is 40.4. The smallest absolute Gasteiger partial charge is 0.337 e. The molecule has 0 saturated heterocycles. The molecule has 0 saturated carbocycles. The normalized spacial score (nSPS) is 11.7. The van der Waals surface area contributed by atoms with Crippen molar-refractivity contribution in [3.05, 3.63) is 81.7 Å². The molecule has 1 N–H and O–H groups in total. The topological polar surface area (TPSA) is 122 Å². The molecule has 5 aromatic rings. The minimum Gasteiger partial charge on any atom is -0.476 e. The summed E-state index contributed by atoms with van der Waals surface area (Å²) >= 11 is 9.94. The fourth-order valence-corrected chi connectivity index (χ4v) is 6.31. The molecular weight excluding hydrogens is 720 g/mol. The van der Waals surface area contributed by atoms with Crippen molar-refractivity contribution in [3.63, 3.8) is 0 Å². The Morgan fingerprint density at radius 2 is 1.50 bits per heavy atom. The standard InChI is InChI=1S/C22H26ClN3O4S.C13H14BrNO2/c1-13(2)12-30-22-19(23)8-16(10-24-22)18-11-26(14(3)4)20-9-15(6-7-17(18)20)21(27)25-31(5,28)29;1-8(2)15-7-11(14)10-5-4-9(6-12(10)15)13(16)17-3/h6-11,13-14H,12H2,1-5H3,(H,25,27);4-8H,1-3H3. The van der Waals surface area contributed by atoms with Gasteiger partial charge in [0, 0.05) is 68.1 Å². The highest BCUT2D eigenvalue weighted by molar-refractivity contribution is 9.10. The molecule has 0 unspecified atom stereocenters. The lowest BCUT2D eigenvalue weighted by atomic mass is 10.0. The van der Waals surface area contributed by atoms with Gasteiger partial charge in [-0.05, 0) is 79.9 Å². The first-order chi connectivity index (χ1) is 22.5. The zero-order chi connectivity index (χ0) is 35.5.